The van der Waals surface area contributed by atoms with Crippen molar-refractivity contribution in [1.29, 1.82) is 0 Å². The molecule has 2 atom stereocenters. The first kappa shape index (κ1) is 19.4. The zero-order chi connectivity index (χ0) is 19.6. The van der Waals surface area contributed by atoms with Crippen molar-refractivity contribution in [2.24, 2.45) is 11.7 Å². The monoisotopic (exact) mass is 368 g/mol. The molecule has 144 valence electrons. The summed E-state index contributed by atoms with van der Waals surface area (Å²) in [6, 6.07) is 8.31. The van der Waals surface area contributed by atoms with Gasteiger partial charge in [0.25, 0.3) is 0 Å². The Kier molecular flexibility index (Phi) is 5.51. The molecule has 0 saturated carbocycles. The molecule has 0 bridgehead atoms. The molecule has 0 fully saturated rings. The second-order valence-corrected chi connectivity index (χ2v) is 8.06. The highest BCUT2D eigenvalue weighted by molar-refractivity contribution is 6.01. The number of amides is 1. The highest BCUT2D eigenvalue weighted by Crippen LogP contribution is 2.24. The molecule has 1 aliphatic heterocycles. The number of hydrogen-bond donors (Lipinski definition) is 2. The predicted molar refractivity (Wildman–Crippen MR) is 108 cm³/mol. The number of ether oxygens (including phenoxy) is 1. The summed E-state index contributed by atoms with van der Waals surface area (Å²) in [5, 5.41) is 0. The van der Waals surface area contributed by atoms with Gasteiger partial charge in [0.15, 0.2) is 5.54 Å². The quantitative estimate of drug-likeness (QED) is 0.801. The molecule has 1 heterocycles. The Bertz CT molecular complexity index is 792. The molecule has 1 aromatic rings. The summed E-state index contributed by atoms with van der Waals surface area (Å²) < 4.78 is 5.34. The van der Waals surface area contributed by atoms with E-state index in [2.05, 4.69) is 61.3 Å². The summed E-state index contributed by atoms with van der Waals surface area (Å²) in [5.41, 5.74) is 8.92. The minimum atomic E-state index is -0.617. The van der Waals surface area contributed by atoms with Crippen LogP contribution in [0.1, 0.15) is 44.7 Å². The molecule has 1 aliphatic carbocycles. The van der Waals surface area contributed by atoms with Crippen molar-refractivity contribution in [3.63, 3.8) is 0 Å². The van der Waals surface area contributed by atoms with Crippen LogP contribution in [-0.4, -0.2) is 35.5 Å². The predicted octanol–water partition coefficient (Wildman–Crippen LogP) is 1.59. The molecular weight excluding hydrogens is 338 g/mol. The summed E-state index contributed by atoms with van der Waals surface area (Å²) >= 11 is 0. The first-order valence-corrected chi connectivity index (χ1v) is 9.55. The molecule has 5 nitrogen and oxygen atoms in total. The van der Waals surface area contributed by atoms with E-state index in [4.69, 9.17) is 10.5 Å². The SMILES string of the molecule is COC1C=CC(c2ccc(CN3C(=O)C(C)(CC(C)C)[NH+]=C3N)cc2)=CC1. The molecule has 1 amide bonds. The number of nitrogens with zero attached hydrogens (tertiary/aromatic N) is 1. The van der Waals surface area contributed by atoms with Gasteiger partial charge in [0, 0.05) is 7.11 Å². The van der Waals surface area contributed by atoms with Gasteiger partial charge in [0.05, 0.1) is 6.10 Å². The van der Waals surface area contributed by atoms with Crippen LogP contribution in [0.4, 0.5) is 0 Å². The van der Waals surface area contributed by atoms with Crippen molar-refractivity contribution in [3.05, 3.63) is 53.6 Å². The number of nitrogens with one attached hydrogen (secondary N) is 1. The summed E-state index contributed by atoms with van der Waals surface area (Å²) in [6.07, 6.45) is 8.19. The number of carbonyl (C=O) groups is 1. The second kappa shape index (κ2) is 7.69. The lowest BCUT2D eigenvalue weighted by Gasteiger charge is -2.20. The van der Waals surface area contributed by atoms with Gasteiger partial charge in [-0.3, -0.25) is 15.5 Å². The third-order valence-electron chi connectivity index (χ3n) is 5.22. The maximum Gasteiger partial charge on any atom is 0.352 e. The Morgan fingerprint density at radius 3 is 2.59 bits per heavy atom. The molecule has 5 heteroatoms. The van der Waals surface area contributed by atoms with Crippen LogP contribution in [0.15, 0.2) is 42.5 Å². The van der Waals surface area contributed by atoms with Crippen LogP contribution in [0.25, 0.3) is 5.57 Å². The van der Waals surface area contributed by atoms with E-state index < -0.39 is 5.54 Å². The Morgan fingerprint density at radius 2 is 2.04 bits per heavy atom. The molecular formula is C22H30N3O2+. The van der Waals surface area contributed by atoms with E-state index in [1.165, 1.54) is 5.57 Å². The minimum absolute atomic E-state index is 0.0429. The molecule has 0 aromatic heterocycles. The van der Waals surface area contributed by atoms with Crippen LogP contribution in [-0.2, 0) is 16.1 Å². The van der Waals surface area contributed by atoms with E-state index in [0.29, 0.717) is 18.4 Å². The van der Waals surface area contributed by atoms with Crippen molar-refractivity contribution in [3.8, 4) is 0 Å². The maximum atomic E-state index is 12.9. The molecule has 0 radical (unpaired) electrons. The zero-order valence-corrected chi connectivity index (χ0v) is 16.7. The largest absolute Gasteiger partial charge is 0.377 e. The van der Waals surface area contributed by atoms with Crippen LogP contribution < -0.4 is 10.7 Å². The van der Waals surface area contributed by atoms with Gasteiger partial charge in [-0.05, 0) is 42.4 Å². The molecule has 3 rings (SSSR count). The Morgan fingerprint density at radius 1 is 1.33 bits per heavy atom. The molecule has 0 saturated heterocycles. The van der Waals surface area contributed by atoms with E-state index in [9.17, 15) is 4.79 Å². The molecule has 2 aliphatic rings. The minimum Gasteiger partial charge on any atom is -0.377 e. The van der Waals surface area contributed by atoms with E-state index in [-0.39, 0.29) is 12.0 Å². The first-order valence-electron chi connectivity index (χ1n) is 9.55. The second-order valence-electron chi connectivity index (χ2n) is 8.06. The van der Waals surface area contributed by atoms with Crippen LogP contribution >= 0.6 is 0 Å². The Hall–Kier alpha value is -2.40. The highest BCUT2D eigenvalue weighted by Gasteiger charge is 2.48. The van der Waals surface area contributed by atoms with Crippen molar-refractivity contribution in [2.45, 2.75) is 51.8 Å². The smallest absolute Gasteiger partial charge is 0.352 e. The molecule has 2 unspecified atom stereocenters. The number of hydrogen-bond acceptors (Lipinski definition) is 3. The van der Waals surface area contributed by atoms with Crippen LogP contribution in [0.2, 0.25) is 0 Å². The lowest BCUT2D eigenvalue weighted by atomic mass is 9.91. The lowest BCUT2D eigenvalue weighted by molar-refractivity contribution is -0.527. The van der Waals surface area contributed by atoms with Crippen LogP contribution in [0.5, 0.6) is 0 Å². The maximum absolute atomic E-state index is 12.9. The van der Waals surface area contributed by atoms with Crippen LogP contribution in [0, 0.1) is 5.92 Å². The van der Waals surface area contributed by atoms with Crippen molar-refractivity contribution in [2.75, 3.05) is 7.11 Å². The third kappa shape index (κ3) is 4.14. The summed E-state index contributed by atoms with van der Waals surface area (Å²) in [6.45, 7) is 6.63. The summed E-state index contributed by atoms with van der Waals surface area (Å²) in [4.78, 5) is 17.7. The highest BCUT2D eigenvalue weighted by atomic mass is 16.5. The van der Waals surface area contributed by atoms with Gasteiger partial charge in [0.1, 0.15) is 6.54 Å². The average molecular weight is 369 g/mol. The topological polar surface area (TPSA) is 69.5 Å². The van der Waals surface area contributed by atoms with Gasteiger partial charge >= 0.3 is 11.9 Å². The summed E-state index contributed by atoms with van der Waals surface area (Å²) in [5.74, 6) is 0.894. The number of guanidine groups is 1. The number of methoxy groups -OCH3 is 1. The third-order valence-corrected chi connectivity index (χ3v) is 5.22. The number of nitrogens with two attached hydrogens (primary N) is 1. The van der Waals surface area contributed by atoms with Crippen LogP contribution in [0.3, 0.4) is 0 Å². The zero-order valence-electron chi connectivity index (χ0n) is 16.7. The number of allylic oxidation sites excluding steroid dienone is 2. The number of benzene rings is 1. The van der Waals surface area contributed by atoms with E-state index >= 15 is 0 Å². The number of carbonyl (C=O) groups excluding carboxylic acids is 1. The first-order chi connectivity index (χ1) is 12.8. The average Bonchev–Trinajstić information content (AvgIpc) is 2.84. The van der Waals surface area contributed by atoms with Gasteiger partial charge in [-0.2, -0.15) is 4.90 Å². The molecule has 3 N–H and O–H groups in total. The van der Waals surface area contributed by atoms with Crippen molar-refractivity contribution in [1.82, 2.24) is 4.90 Å². The fourth-order valence-electron chi connectivity index (χ4n) is 3.90. The van der Waals surface area contributed by atoms with Gasteiger partial charge in [0.2, 0.25) is 0 Å². The van der Waals surface area contributed by atoms with Gasteiger partial charge in [-0.25, -0.2) is 0 Å². The van der Waals surface area contributed by atoms with E-state index in [1.54, 1.807) is 12.0 Å². The fraction of sp³-hybridized carbons (Fsp3) is 0.455. The molecule has 27 heavy (non-hydrogen) atoms. The van der Waals surface area contributed by atoms with Crippen molar-refractivity contribution >= 4 is 17.4 Å². The van der Waals surface area contributed by atoms with Gasteiger partial charge in [-0.1, -0.05) is 56.3 Å². The standard InChI is InChI=1S/C22H29N3O2/c1-15(2)13-22(3)20(26)25(21(23)24-22)14-16-5-7-17(8-6-16)18-9-11-19(27-4)12-10-18/h5-11,15,19H,12-14H2,1-4H3,(H2,23,24)/p+1. The van der Waals surface area contributed by atoms with Crippen molar-refractivity contribution < 1.29 is 14.5 Å². The molecule has 0 spiro atoms. The summed E-state index contributed by atoms with van der Waals surface area (Å²) in [7, 11) is 1.73. The van der Waals surface area contributed by atoms with Gasteiger partial charge < -0.3 is 4.74 Å². The fourth-order valence-corrected chi connectivity index (χ4v) is 3.90. The Balaban J connectivity index is 1.69. The van der Waals surface area contributed by atoms with E-state index in [1.807, 2.05) is 6.92 Å². The number of rotatable bonds is 6. The lowest BCUT2D eigenvalue weighted by Crippen LogP contribution is -2.86. The van der Waals surface area contributed by atoms with Gasteiger partial charge in [-0.15, -0.1) is 0 Å². The van der Waals surface area contributed by atoms with E-state index in [0.717, 1.165) is 24.0 Å². The normalized spacial score (nSPS) is 25.1. The molecule has 1 aromatic carbocycles. The Labute approximate surface area is 161 Å².